The lowest BCUT2D eigenvalue weighted by Crippen LogP contribution is -2.49. The monoisotopic (exact) mass is 330 g/mol. The second kappa shape index (κ2) is 6.49. The van der Waals surface area contributed by atoms with E-state index in [0.717, 1.165) is 6.29 Å². The predicted molar refractivity (Wildman–Crippen MR) is 80.5 cm³/mol. The maximum Gasteiger partial charge on any atom is 0.188 e. The van der Waals surface area contributed by atoms with Crippen LogP contribution in [0.5, 0.6) is 0 Å². The van der Waals surface area contributed by atoms with E-state index in [1.807, 2.05) is 13.8 Å². The summed E-state index contributed by atoms with van der Waals surface area (Å²) < 4.78 is 33.5. The molecule has 0 N–H and O–H groups in total. The van der Waals surface area contributed by atoms with Gasteiger partial charge in [-0.25, -0.2) is 0 Å². The SMILES string of the molecule is C=C(C[C@@]1(C=O)OC(C)(C)O[C@@H]1[C@H]1COC(C)(C)O1)OCOC. The van der Waals surface area contributed by atoms with Gasteiger partial charge in [0.1, 0.15) is 12.2 Å². The molecule has 2 saturated heterocycles. The molecule has 7 heteroatoms. The molecule has 132 valence electrons. The van der Waals surface area contributed by atoms with Crippen LogP contribution in [-0.4, -0.2) is 56.2 Å². The number of hydrogen-bond donors (Lipinski definition) is 0. The highest BCUT2D eigenvalue weighted by Crippen LogP contribution is 2.43. The highest BCUT2D eigenvalue weighted by molar-refractivity contribution is 5.65. The zero-order valence-electron chi connectivity index (χ0n) is 14.4. The molecule has 0 aromatic rings. The Morgan fingerprint density at radius 2 is 1.96 bits per heavy atom. The van der Waals surface area contributed by atoms with E-state index in [1.165, 1.54) is 7.11 Å². The smallest absolute Gasteiger partial charge is 0.188 e. The van der Waals surface area contributed by atoms with Gasteiger partial charge in [0.25, 0.3) is 0 Å². The number of methoxy groups -OCH3 is 1. The molecule has 2 rings (SSSR count). The van der Waals surface area contributed by atoms with Gasteiger partial charge in [0.05, 0.1) is 12.4 Å². The first-order valence-electron chi connectivity index (χ1n) is 7.59. The minimum absolute atomic E-state index is 0.0543. The van der Waals surface area contributed by atoms with Crippen LogP contribution in [0.1, 0.15) is 34.1 Å². The lowest BCUT2D eigenvalue weighted by atomic mass is 9.90. The van der Waals surface area contributed by atoms with Crippen LogP contribution < -0.4 is 0 Å². The van der Waals surface area contributed by atoms with Gasteiger partial charge in [0.15, 0.2) is 30.3 Å². The average Bonchev–Trinajstić information content (AvgIpc) is 2.93. The van der Waals surface area contributed by atoms with Crippen LogP contribution in [0.15, 0.2) is 12.3 Å². The minimum atomic E-state index is -1.25. The largest absolute Gasteiger partial charge is 0.472 e. The summed E-state index contributed by atoms with van der Waals surface area (Å²) >= 11 is 0. The summed E-state index contributed by atoms with van der Waals surface area (Å²) in [4.78, 5) is 11.9. The Hall–Kier alpha value is -0.990. The van der Waals surface area contributed by atoms with Gasteiger partial charge in [-0.2, -0.15) is 0 Å². The Morgan fingerprint density at radius 1 is 1.26 bits per heavy atom. The summed E-state index contributed by atoms with van der Waals surface area (Å²) in [6, 6.07) is 0. The third-order valence-electron chi connectivity index (χ3n) is 3.75. The molecular formula is C16H26O7. The molecule has 0 aromatic carbocycles. The van der Waals surface area contributed by atoms with Gasteiger partial charge < -0.3 is 33.2 Å². The van der Waals surface area contributed by atoms with E-state index in [1.54, 1.807) is 13.8 Å². The zero-order chi connectivity index (χ0) is 17.3. The number of ether oxygens (including phenoxy) is 6. The van der Waals surface area contributed by atoms with Crippen LogP contribution in [0.25, 0.3) is 0 Å². The fourth-order valence-corrected chi connectivity index (χ4v) is 2.97. The van der Waals surface area contributed by atoms with E-state index >= 15 is 0 Å². The van der Waals surface area contributed by atoms with Crippen LogP contribution in [0.3, 0.4) is 0 Å². The van der Waals surface area contributed by atoms with Gasteiger partial charge in [0.2, 0.25) is 0 Å². The lowest BCUT2D eigenvalue weighted by Gasteiger charge is -2.30. The Balaban J connectivity index is 2.19. The summed E-state index contributed by atoms with van der Waals surface area (Å²) in [5.41, 5.74) is -1.25. The fourth-order valence-electron chi connectivity index (χ4n) is 2.97. The minimum Gasteiger partial charge on any atom is -0.472 e. The van der Waals surface area contributed by atoms with Gasteiger partial charge in [-0.3, -0.25) is 0 Å². The van der Waals surface area contributed by atoms with Crippen molar-refractivity contribution in [3.8, 4) is 0 Å². The molecule has 0 amide bonds. The van der Waals surface area contributed by atoms with Crippen molar-refractivity contribution in [2.75, 3.05) is 20.5 Å². The van der Waals surface area contributed by atoms with Gasteiger partial charge in [-0.15, -0.1) is 0 Å². The maximum absolute atomic E-state index is 11.9. The normalized spacial score (nSPS) is 35.2. The van der Waals surface area contributed by atoms with Crippen molar-refractivity contribution >= 4 is 6.29 Å². The molecule has 2 fully saturated rings. The number of carbonyl (C=O) groups is 1. The van der Waals surface area contributed by atoms with Gasteiger partial charge in [-0.05, 0) is 27.7 Å². The van der Waals surface area contributed by atoms with Crippen LogP contribution in [-0.2, 0) is 33.2 Å². The summed E-state index contributed by atoms with van der Waals surface area (Å²) in [7, 11) is 1.51. The third kappa shape index (κ3) is 4.10. The van der Waals surface area contributed by atoms with E-state index < -0.39 is 29.4 Å². The topological polar surface area (TPSA) is 72.5 Å². The average molecular weight is 330 g/mol. The van der Waals surface area contributed by atoms with E-state index in [-0.39, 0.29) is 13.2 Å². The molecule has 0 spiro atoms. The summed E-state index contributed by atoms with van der Waals surface area (Å²) in [5.74, 6) is -1.27. The van der Waals surface area contributed by atoms with Crippen molar-refractivity contribution in [3.63, 3.8) is 0 Å². The van der Waals surface area contributed by atoms with Crippen LogP contribution in [0.2, 0.25) is 0 Å². The quantitative estimate of drug-likeness (QED) is 0.400. The maximum atomic E-state index is 11.9. The molecule has 2 heterocycles. The Labute approximate surface area is 136 Å². The zero-order valence-corrected chi connectivity index (χ0v) is 14.4. The Bertz CT molecular complexity index is 459. The predicted octanol–water partition coefficient (Wildman–Crippen LogP) is 1.75. The molecule has 7 nitrogen and oxygen atoms in total. The van der Waals surface area contributed by atoms with Crippen molar-refractivity contribution in [1.82, 2.24) is 0 Å². The third-order valence-corrected chi connectivity index (χ3v) is 3.75. The van der Waals surface area contributed by atoms with E-state index in [9.17, 15) is 4.79 Å². The molecule has 0 aliphatic carbocycles. The van der Waals surface area contributed by atoms with Crippen molar-refractivity contribution < 1.29 is 33.2 Å². The molecular weight excluding hydrogens is 304 g/mol. The second-order valence-electron chi connectivity index (χ2n) is 6.75. The number of aldehydes is 1. The number of carbonyl (C=O) groups excluding carboxylic acids is 1. The summed E-state index contributed by atoms with van der Waals surface area (Å²) in [5, 5.41) is 0. The van der Waals surface area contributed by atoms with Crippen molar-refractivity contribution in [2.24, 2.45) is 0 Å². The highest BCUT2D eigenvalue weighted by atomic mass is 16.8. The van der Waals surface area contributed by atoms with Crippen LogP contribution >= 0.6 is 0 Å². The van der Waals surface area contributed by atoms with Crippen LogP contribution in [0.4, 0.5) is 0 Å². The standard InChI is InChI=1S/C16H26O7/c1-11(19-10-18-6)7-16(9-17)13(22-15(4,5)23-16)12-8-20-14(2,3)21-12/h9,12-13H,1,7-8,10H2,2-6H3/t12-,13-,16+/m1/s1. The Kier molecular flexibility index (Phi) is 5.18. The van der Waals surface area contributed by atoms with E-state index in [4.69, 9.17) is 28.4 Å². The second-order valence-corrected chi connectivity index (χ2v) is 6.75. The molecule has 2 aliphatic rings. The first kappa shape index (κ1) is 18.4. The van der Waals surface area contributed by atoms with Crippen LogP contribution in [0, 0.1) is 0 Å². The van der Waals surface area contributed by atoms with E-state index in [0.29, 0.717) is 12.4 Å². The molecule has 0 radical (unpaired) electrons. The fraction of sp³-hybridized carbons (Fsp3) is 0.812. The van der Waals surface area contributed by atoms with Gasteiger partial charge in [-0.1, -0.05) is 6.58 Å². The summed E-state index contributed by atoms with van der Waals surface area (Å²) in [6.07, 6.45) is -0.164. The molecule has 0 aromatic heterocycles. The van der Waals surface area contributed by atoms with Gasteiger partial charge in [0, 0.05) is 13.5 Å². The molecule has 23 heavy (non-hydrogen) atoms. The van der Waals surface area contributed by atoms with Gasteiger partial charge >= 0.3 is 0 Å². The van der Waals surface area contributed by atoms with Crippen molar-refractivity contribution in [2.45, 2.75) is 63.5 Å². The van der Waals surface area contributed by atoms with Crippen molar-refractivity contribution in [3.05, 3.63) is 12.3 Å². The number of rotatable bonds is 7. The molecule has 0 bridgehead atoms. The Morgan fingerprint density at radius 3 is 2.48 bits per heavy atom. The first-order chi connectivity index (χ1) is 10.6. The van der Waals surface area contributed by atoms with E-state index in [2.05, 4.69) is 6.58 Å². The highest BCUT2D eigenvalue weighted by Gasteiger charge is 2.59. The first-order valence-corrected chi connectivity index (χ1v) is 7.59. The summed E-state index contributed by atoms with van der Waals surface area (Å²) in [6.45, 7) is 11.3. The van der Waals surface area contributed by atoms with Crippen molar-refractivity contribution in [1.29, 1.82) is 0 Å². The molecule has 0 saturated carbocycles. The molecule has 0 unspecified atom stereocenters. The lowest BCUT2D eigenvalue weighted by molar-refractivity contribution is -0.176. The molecule has 3 atom stereocenters. The number of hydrogen-bond acceptors (Lipinski definition) is 7. The molecule has 2 aliphatic heterocycles.